The van der Waals surface area contributed by atoms with Crippen molar-refractivity contribution in [2.45, 2.75) is 0 Å². The van der Waals surface area contributed by atoms with Crippen LogP contribution < -0.4 is 9.64 Å². The number of nitrogens with zero attached hydrogens (tertiary/aromatic N) is 3. The molecule has 138 valence electrons. The topological polar surface area (TPSA) is 75.6 Å². The van der Waals surface area contributed by atoms with E-state index in [1.54, 1.807) is 17.2 Å². The number of anilines is 1. The fourth-order valence-corrected chi connectivity index (χ4v) is 2.98. The number of aliphatic carboxylic acids is 1. The van der Waals surface area contributed by atoms with Gasteiger partial charge in [-0.15, -0.1) is 0 Å². The van der Waals surface area contributed by atoms with Crippen LogP contribution in [0.3, 0.4) is 0 Å². The summed E-state index contributed by atoms with van der Waals surface area (Å²) in [4.78, 5) is 21.8. The minimum Gasteiger partial charge on any atom is -0.494 e. The van der Waals surface area contributed by atoms with Crippen molar-refractivity contribution in [2.24, 2.45) is 0 Å². The Labute approximate surface area is 161 Å². The monoisotopic (exact) mass is 383 g/mol. The van der Waals surface area contributed by atoms with Gasteiger partial charge in [0, 0.05) is 42.3 Å². The molecular formula is C20H18ClN3O3. The Hall–Kier alpha value is -3.12. The minimum absolute atomic E-state index is 0.485. The first-order valence-corrected chi connectivity index (χ1v) is 8.50. The summed E-state index contributed by atoms with van der Waals surface area (Å²) in [6.07, 6.45) is 4.30. The van der Waals surface area contributed by atoms with Crippen molar-refractivity contribution < 1.29 is 14.6 Å². The largest absolute Gasteiger partial charge is 0.494 e. The lowest BCUT2D eigenvalue weighted by Gasteiger charge is -2.16. The van der Waals surface area contributed by atoms with Crippen LogP contribution in [-0.2, 0) is 4.79 Å². The molecular weight excluding hydrogens is 366 g/mol. The molecule has 1 aromatic heterocycles. The number of hydrogen-bond acceptors (Lipinski definition) is 5. The van der Waals surface area contributed by atoms with E-state index in [1.165, 1.54) is 13.2 Å². The molecule has 0 aliphatic heterocycles. The van der Waals surface area contributed by atoms with Gasteiger partial charge in [0.15, 0.2) is 5.75 Å². The molecule has 0 fully saturated rings. The molecule has 0 unspecified atom stereocenters. The lowest BCUT2D eigenvalue weighted by Crippen LogP contribution is -2.12. The average molecular weight is 384 g/mol. The first-order chi connectivity index (χ1) is 12.9. The molecule has 0 aliphatic rings. The van der Waals surface area contributed by atoms with E-state index in [4.69, 9.17) is 21.4 Å². The van der Waals surface area contributed by atoms with Crippen LogP contribution in [0.5, 0.6) is 5.75 Å². The van der Waals surface area contributed by atoms with Gasteiger partial charge >= 0.3 is 5.97 Å². The lowest BCUT2D eigenvalue weighted by atomic mass is 9.97. The Kier molecular flexibility index (Phi) is 5.28. The van der Waals surface area contributed by atoms with Gasteiger partial charge in [0.05, 0.1) is 7.11 Å². The van der Waals surface area contributed by atoms with Gasteiger partial charge in [-0.3, -0.25) is 0 Å². The highest BCUT2D eigenvalue weighted by Crippen LogP contribution is 2.38. The van der Waals surface area contributed by atoms with Crippen LogP contribution in [0.4, 0.5) is 5.95 Å². The zero-order valence-electron chi connectivity index (χ0n) is 15.1. The summed E-state index contributed by atoms with van der Waals surface area (Å²) >= 11 is 6.16. The second-order valence-electron chi connectivity index (χ2n) is 6.06. The quantitative estimate of drug-likeness (QED) is 0.668. The minimum atomic E-state index is -1.04. The maximum absolute atomic E-state index is 11.0. The van der Waals surface area contributed by atoms with Crippen molar-refractivity contribution in [3.8, 4) is 16.9 Å². The molecule has 27 heavy (non-hydrogen) atoms. The number of aromatic nitrogens is 2. The highest BCUT2D eigenvalue weighted by molar-refractivity contribution is 6.31. The van der Waals surface area contributed by atoms with Gasteiger partial charge in [0.25, 0.3) is 0 Å². The molecule has 1 N–H and O–H groups in total. The first kappa shape index (κ1) is 18.7. The van der Waals surface area contributed by atoms with E-state index < -0.39 is 5.97 Å². The van der Waals surface area contributed by atoms with E-state index >= 15 is 0 Å². The van der Waals surface area contributed by atoms with Crippen molar-refractivity contribution in [1.82, 2.24) is 9.97 Å². The maximum atomic E-state index is 11.0. The van der Waals surface area contributed by atoms with Crippen molar-refractivity contribution in [2.75, 3.05) is 26.1 Å². The van der Waals surface area contributed by atoms with Crippen molar-refractivity contribution in [3.63, 3.8) is 0 Å². The molecule has 0 bridgehead atoms. The zero-order valence-corrected chi connectivity index (χ0v) is 15.9. The molecule has 1 heterocycles. The molecule has 3 rings (SSSR count). The Bertz CT molecular complexity index is 1050. The summed E-state index contributed by atoms with van der Waals surface area (Å²) in [5.41, 5.74) is 2.91. The average Bonchev–Trinajstić information content (AvgIpc) is 2.64. The van der Waals surface area contributed by atoms with E-state index in [1.807, 2.05) is 38.4 Å². The number of methoxy groups -OCH3 is 1. The van der Waals surface area contributed by atoms with Crippen LogP contribution in [0.25, 0.3) is 28.1 Å². The number of carbonyl (C=O) groups is 1. The van der Waals surface area contributed by atoms with Crippen LogP contribution in [-0.4, -0.2) is 42.2 Å². The SMILES string of the molecule is COc1c(C=CC(=O)O)cc(-c2cccc(Cl)c2)c2cnc(N(C)C)nc12. The molecule has 2 aromatic carbocycles. The Morgan fingerprint density at radius 2 is 2.07 bits per heavy atom. The number of hydrogen-bond donors (Lipinski definition) is 1. The van der Waals surface area contributed by atoms with Gasteiger partial charge in [-0.25, -0.2) is 14.8 Å². The second-order valence-corrected chi connectivity index (χ2v) is 6.49. The van der Waals surface area contributed by atoms with E-state index in [0.29, 0.717) is 27.8 Å². The third kappa shape index (κ3) is 3.85. The van der Waals surface area contributed by atoms with Gasteiger partial charge in [0.2, 0.25) is 5.95 Å². The fraction of sp³-hybridized carbons (Fsp3) is 0.150. The predicted molar refractivity (Wildman–Crippen MR) is 108 cm³/mol. The first-order valence-electron chi connectivity index (χ1n) is 8.12. The van der Waals surface area contributed by atoms with Gasteiger partial charge in [-0.2, -0.15) is 0 Å². The highest BCUT2D eigenvalue weighted by Gasteiger charge is 2.16. The molecule has 3 aromatic rings. The molecule has 0 aliphatic carbocycles. The number of halogens is 1. The molecule has 7 heteroatoms. The highest BCUT2D eigenvalue weighted by atomic mass is 35.5. The van der Waals surface area contributed by atoms with Crippen molar-refractivity contribution in [3.05, 3.63) is 53.2 Å². The van der Waals surface area contributed by atoms with Crippen molar-refractivity contribution in [1.29, 1.82) is 0 Å². The number of carboxylic acids is 1. The lowest BCUT2D eigenvalue weighted by molar-refractivity contribution is -0.131. The number of fused-ring (bicyclic) bond motifs is 1. The zero-order chi connectivity index (χ0) is 19.6. The van der Waals surface area contributed by atoms with E-state index in [2.05, 4.69) is 9.97 Å². The third-order valence-electron chi connectivity index (χ3n) is 3.99. The number of benzene rings is 2. The van der Waals surface area contributed by atoms with Gasteiger partial charge in [0.1, 0.15) is 5.52 Å². The molecule has 0 spiro atoms. The maximum Gasteiger partial charge on any atom is 0.328 e. The number of rotatable bonds is 5. The van der Waals surface area contributed by atoms with Gasteiger partial charge in [-0.1, -0.05) is 23.7 Å². The standard InChI is InChI=1S/C20H18ClN3O3/c1-24(2)20-22-11-16-15(12-5-4-6-14(21)9-12)10-13(7-8-17(25)26)19(27-3)18(16)23-20/h4-11H,1-3H3,(H,25,26). The summed E-state index contributed by atoms with van der Waals surface area (Å²) in [7, 11) is 5.22. The molecule has 0 saturated heterocycles. The molecule has 6 nitrogen and oxygen atoms in total. The van der Waals surface area contributed by atoms with E-state index in [-0.39, 0.29) is 0 Å². The summed E-state index contributed by atoms with van der Waals surface area (Å²) in [6.45, 7) is 0. The van der Waals surface area contributed by atoms with Gasteiger partial charge in [-0.05, 0) is 35.4 Å². The summed E-state index contributed by atoms with van der Waals surface area (Å²) in [6, 6.07) is 9.27. The molecule has 0 amide bonds. The number of carboxylic acid groups (broad SMARTS) is 1. The van der Waals surface area contributed by atoms with Crippen molar-refractivity contribution >= 4 is 40.5 Å². The second kappa shape index (κ2) is 7.63. The molecule has 0 radical (unpaired) electrons. The van der Waals surface area contributed by atoms with Crippen LogP contribution in [0.2, 0.25) is 5.02 Å². The summed E-state index contributed by atoms with van der Waals surface area (Å²) in [5, 5.41) is 10.4. The van der Waals surface area contributed by atoms with E-state index in [0.717, 1.165) is 22.6 Å². The predicted octanol–water partition coefficient (Wildman–Crippen LogP) is 4.12. The fourth-order valence-electron chi connectivity index (χ4n) is 2.79. The summed E-state index contributed by atoms with van der Waals surface area (Å²) < 4.78 is 5.56. The molecule has 0 saturated carbocycles. The Morgan fingerprint density at radius 1 is 1.30 bits per heavy atom. The van der Waals surface area contributed by atoms with Crippen LogP contribution in [0, 0.1) is 0 Å². The Morgan fingerprint density at radius 3 is 2.70 bits per heavy atom. The molecule has 0 atom stereocenters. The van der Waals surface area contributed by atoms with Crippen LogP contribution >= 0.6 is 11.6 Å². The Balaban J connectivity index is 2.38. The third-order valence-corrected chi connectivity index (χ3v) is 4.22. The summed E-state index contributed by atoms with van der Waals surface area (Å²) in [5.74, 6) is -0.0332. The normalized spacial score (nSPS) is 11.1. The number of ether oxygens (including phenoxy) is 1. The van der Waals surface area contributed by atoms with E-state index in [9.17, 15) is 4.79 Å². The van der Waals surface area contributed by atoms with Crippen LogP contribution in [0.15, 0.2) is 42.6 Å². The smallest absolute Gasteiger partial charge is 0.328 e. The van der Waals surface area contributed by atoms with Gasteiger partial charge < -0.3 is 14.7 Å². The van der Waals surface area contributed by atoms with Crippen LogP contribution in [0.1, 0.15) is 5.56 Å².